The highest BCUT2D eigenvalue weighted by Gasteiger charge is 2.22. The molecule has 1 fully saturated rings. The third kappa shape index (κ3) is 5.67. The van der Waals surface area contributed by atoms with Gasteiger partial charge in [0.15, 0.2) is 0 Å². The Morgan fingerprint density at radius 3 is 2.36 bits per heavy atom. The van der Waals surface area contributed by atoms with Gasteiger partial charge in [0.25, 0.3) is 5.91 Å². The van der Waals surface area contributed by atoms with Crippen LogP contribution in [0.15, 0.2) is 72.8 Å². The van der Waals surface area contributed by atoms with E-state index in [2.05, 4.69) is 46.7 Å². The molecule has 33 heavy (non-hydrogen) atoms. The number of carbonyl (C=O) groups is 1. The van der Waals surface area contributed by atoms with E-state index in [0.29, 0.717) is 11.4 Å². The topological polar surface area (TPSA) is 53.6 Å². The highest BCUT2D eigenvalue weighted by molar-refractivity contribution is 5.98. The molecule has 5 heteroatoms. The Bertz CT molecular complexity index is 1060. The zero-order chi connectivity index (χ0) is 23.2. The number of ether oxygens (including phenoxy) is 1. The van der Waals surface area contributed by atoms with Gasteiger partial charge in [0.05, 0.1) is 12.8 Å². The van der Waals surface area contributed by atoms with E-state index in [1.807, 2.05) is 55.5 Å². The van der Waals surface area contributed by atoms with Gasteiger partial charge >= 0.3 is 0 Å². The van der Waals surface area contributed by atoms with Gasteiger partial charge in [-0.05, 0) is 73.2 Å². The van der Waals surface area contributed by atoms with Crippen molar-refractivity contribution in [3.05, 3.63) is 83.9 Å². The summed E-state index contributed by atoms with van der Waals surface area (Å²) in [5.41, 5.74) is 4.76. The van der Waals surface area contributed by atoms with Crippen LogP contribution < -0.4 is 20.3 Å². The van der Waals surface area contributed by atoms with Crippen LogP contribution in [0, 0.1) is 12.8 Å². The van der Waals surface area contributed by atoms with E-state index in [1.165, 1.54) is 18.5 Å². The smallest absolute Gasteiger partial charge is 0.251 e. The minimum absolute atomic E-state index is 0.140. The van der Waals surface area contributed by atoms with Crippen LogP contribution in [0.4, 0.5) is 17.1 Å². The maximum atomic E-state index is 13.4. The van der Waals surface area contributed by atoms with Gasteiger partial charge in [-0.2, -0.15) is 0 Å². The van der Waals surface area contributed by atoms with Crippen molar-refractivity contribution in [2.45, 2.75) is 32.7 Å². The number of amides is 1. The Hall–Kier alpha value is -3.47. The van der Waals surface area contributed by atoms with Gasteiger partial charge in [0.1, 0.15) is 11.8 Å². The number of benzene rings is 3. The molecular formula is C28H33N3O2. The quantitative estimate of drug-likeness (QED) is 0.468. The second-order valence-corrected chi connectivity index (χ2v) is 8.90. The van der Waals surface area contributed by atoms with Crippen molar-refractivity contribution in [3.63, 3.8) is 0 Å². The van der Waals surface area contributed by atoms with Crippen LogP contribution in [-0.4, -0.2) is 26.1 Å². The fourth-order valence-corrected chi connectivity index (χ4v) is 4.27. The largest absolute Gasteiger partial charge is 0.495 e. The SMILES string of the molecule is COc1ccc(C)cc1NC(=O)[C@H](Nc1ccc(N2CCC(C)CC2)cc1)c1ccccc1. The molecule has 3 aromatic rings. The molecule has 5 nitrogen and oxygen atoms in total. The lowest BCUT2D eigenvalue weighted by Crippen LogP contribution is -2.32. The molecule has 1 saturated heterocycles. The molecule has 1 atom stereocenters. The van der Waals surface area contributed by atoms with Gasteiger partial charge in [-0.3, -0.25) is 4.79 Å². The summed E-state index contributed by atoms with van der Waals surface area (Å²) >= 11 is 0. The Balaban J connectivity index is 1.53. The number of carbonyl (C=O) groups excluding carboxylic acids is 1. The standard InChI is InChI=1S/C28H33N3O2/c1-20-15-17-31(18-16-20)24-12-10-23(11-13-24)29-27(22-7-5-4-6-8-22)28(32)30-25-19-21(2)9-14-26(25)33-3/h4-14,19-20,27,29H,15-18H2,1-3H3,(H,30,32)/t27-/m1/s1. The molecular weight excluding hydrogens is 410 g/mol. The molecule has 0 saturated carbocycles. The first-order chi connectivity index (χ1) is 16.0. The highest BCUT2D eigenvalue weighted by Crippen LogP contribution is 2.29. The highest BCUT2D eigenvalue weighted by atomic mass is 16.5. The summed E-state index contributed by atoms with van der Waals surface area (Å²) in [5, 5.41) is 6.49. The number of anilines is 3. The predicted molar refractivity (Wildman–Crippen MR) is 136 cm³/mol. The van der Waals surface area contributed by atoms with Crippen molar-refractivity contribution in [3.8, 4) is 5.75 Å². The lowest BCUT2D eigenvalue weighted by Gasteiger charge is -2.32. The van der Waals surface area contributed by atoms with Crippen LogP contribution in [0.25, 0.3) is 0 Å². The normalized spacial score (nSPS) is 15.1. The third-order valence-electron chi connectivity index (χ3n) is 6.34. The first kappa shape index (κ1) is 22.7. The summed E-state index contributed by atoms with van der Waals surface area (Å²) in [6.07, 6.45) is 2.47. The fraction of sp³-hybridized carbons (Fsp3) is 0.321. The number of nitrogens with zero attached hydrogens (tertiary/aromatic N) is 1. The molecule has 0 aliphatic carbocycles. The molecule has 2 N–H and O–H groups in total. The van der Waals surface area contributed by atoms with Gasteiger partial charge < -0.3 is 20.3 Å². The zero-order valence-electron chi connectivity index (χ0n) is 19.7. The average Bonchev–Trinajstić information content (AvgIpc) is 2.84. The number of hydrogen-bond donors (Lipinski definition) is 2. The van der Waals surface area contributed by atoms with E-state index in [9.17, 15) is 4.79 Å². The number of aryl methyl sites for hydroxylation is 1. The van der Waals surface area contributed by atoms with Crippen LogP contribution in [0.1, 0.15) is 36.9 Å². The number of hydrogen-bond acceptors (Lipinski definition) is 4. The van der Waals surface area contributed by atoms with E-state index in [-0.39, 0.29) is 5.91 Å². The third-order valence-corrected chi connectivity index (χ3v) is 6.34. The van der Waals surface area contributed by atoms with Crippen LogP contribution in [0.5, 0.6) is 5.75 Å². The van der Waals surface area contributed by atoms with Crippen LogP contribution in [0.2, 0.25) is 0 Å². The summed E-state index contributed by atoms with van der Waals surface area (Å²) in [6.45, 7) is 6.51. The van der Waals surface area contributed by atoms with E-state index in [0.717, 1.165) is 35.8 Å². The molecule has 0 spiro atoms. The number of piperidine rings is 1. The van der Waals surface area contributed by atoms with Gasteiger partial charge in [0, 0.05) is 24.5 Å². The van der Waals surface area contributed by atoms with E-state index >= 15 is 0 Å². The molecule has 0 unspecified atom stereocenters. The second-order valence-electron chi connectivity index (χ2n) is 8.90. The fourth-order valence-electron chi connectivity index (χ4n) is 4.27. The average molecular weight is 444 g/mol. The minimum Gasteiger partial charge on any atom is -0.495 e. The first-order valence-corrected chi connectivity index (χ1v) is 11.7. The Labute approximate surface area is 196 Å². The van der Waals surface area contributed by atoms with Crippen molar-refractivity contribution in [1.29, 1.82) is 0 Å². The summed E-state index contributed by atoms with van der Waals surface area (Å²) < 4.78 is 5.44. The zero-order valence-corrected chi connectivity index (χ0v) is 19.7. The minimum atomic E-state index is -0.543. The Morgan fingerprint density at radius 1 is 1.00 bits per heavy atom. The van der Waals surface area contributed by atoms with Gasteiger partial charge in [-0.15, -0.1) is 0 Å². The molecule has 3 aromatic carbocycles. The van der Waals surface area contributed by atoms with Gasteiger partial charge in [-0.25, -0.2) is 0 Å². The van der Waals surface area contributed by atoms with E-state index < -0.39 is 6.04 Å². The monoisotopic (exact) mass is 443 g/mol. The first-order valence-electron chi connectivity index (χ1n) is 11.7. The Morgan fingerprint density at radius 2 is 1.70 bits per heavy atom. The van der Waals surface area contributed by atoms with E-state index in [1.54, 1.807) is 7.11 Å². The summed E-state index contributed by atoms with van der Waals surface area (Å²) in [4.78, 5) is 15.8. The van der Waals surface area contributed by atoms with Crippen molar-refractivity contribution in [2.24, 2.45) is 5.92 Å². The lowest BCUT2D eigenvalue weighted by atomic mass is 9.99. The summed E-state index contributed by atoms with van der Waals surface area (Å²) in [7, 11) is 1.61. The van der Waals surface area contributed by atoms with Crippen molar-refractivity contribution >= 4 is 23.0 Å². The van der Waals surface area contributed by atoms with Gasteiger partial charge in [-0.1, -0.05) is 43.3 Å². The molecule has 4 rings (SSSR count). The van der Waals surface area contributed by atoms with Crippen molar-refractivity contribution < 1.29 is 9.53 Å². The van der Waals surface area contributed by atoms with E-state index in [4.69, 9.17) is 4.74 Å². The maximum Gasteiger partial charge on any atom is 0.251 e. The molecule has 1 aliphatic heterocycles. The number of nitrogens with one attached hydrogen (secondary N) is 2. The summed E-state index contributed by atoms with van der Waals surface area (Å²) in [5.74, 6) is 1.31. The summed E-state index contributed by atoms with van der Waals surface area (Å²) in [6, 6.07) is 23.4. The number of rotatable bonds is 7. The molecule has 172 valence electrons. The van der Waals surface area contributed by atoms with Gasteiger partial charge in [0.2, 0.25) is 0 Å². The molecule has 1 heterocycles. The molecule has 0 aromatic heterocycles. The number of methoxy groups -OCH3 is 1. The maximum absolute atomic E-state index is 13.4. The second kappa shape index (κ2) is 10.4. The predicted octanol–water partition coefficient (Wildman–Crippen LogP) is 6.03. The molecule has 0 radical (unpaired) electrons. The van der Waals surface area contributed by atoms with Crippen molar-refractivity contribution in [1.82, 2.24) is 0 Å². The van der Waals surface area contributed by atoms with Crippen LogP contribution in [-0.2, 0) is 4.79 Å². The molecule has 1 aliphatic rings. The molecule has 0 bridgehead atoms. The lowest BCUT2D eigenvalue weighted by molar-refractivity contribution is -0.117. The van der Waals surface area contributed by atoms with Crippen LogP contribution >= 0.6 is 0 Å². The van der Waals surface area contributed by atoms with Crippen molar-refractivity contribution in [2.75, 3.05) is 35.7 Å². The van der Waals surface area contributed by atoms with Crippen LogP contribution in [0.3, 0.4) is 0 Å². The molecule has 1 amide bonds. The Kier molecular flexibility index (Phi) is 7.18.